The Hall–Kier alpha value is -1.49. The Kier molecular flexibility index (Phi) is 7.24. The molecule has 0 atom stereocenters. The van der Waals surface area contributed by atoms with Crippen LogP contribution in [-0.4, -0.2) is 45.0 Å². The Morgan fingerprint density at radius 3 is 2.43 bits per heavy atom. The zero-order valence-electron chi connectivity index (χ0n) is 14.4. The molecular weight excluding hydrogens is 444 g/mol. The average Bonchev–Trinajstić information content (AvgIpc) is 2.60. The molecule has 1 aliphatic rings. The number of alkyl halides is 3. The molecule has 1 fully saturated rings. The lowest BCUT2D eigenvalue weighted by Gasteiger charge is -2.32. The summed E-state index contributed by atoms with van der Waals surface area (Å²) < 4.78 is 69.3. The standard InChI is InChI=1S/C16H17Cl2F3N2O4S/c1-2-28(25,26)22-10-3-5-23(6-4-10)15(24)9-27-14-7-11(16(19,20)21)12(17)8-13(14)18/h2,7-8,10,22H,1,3-6,9H2. The number of piperidine rings is 1. The lowest BCUT2D eigenvalue weighted by atomic mass is 10.1. The van der Waals surface area contributed by atoms with Crippen molar-refractivity contribution in [3.05, 3.63) is 39.7 Å². The third kappa shape index (κ3) is 6.00. The minimum absolute atomic E-state index is 0.150. The fourth-order valence-electron chi connectivity index (χ4n) is 2.61. The maximum Gasteiger partial charge on any atom is 0.417 e. The van der Waals surface area contributed by atoms with Gasteiger partial charge >= 0.3 is 6.18 Å². The van der Waals surface area contributed by atoms with E-state index in [2.05, 4.69) is 11.3 Å². The highest BCUT2D eigenvalue weighted by Gasteiger charge is 2.34. The predicted octanol–water partition coefficient (Wildman–Crippen LogP) is 3.44. The number of likely N-dealkylation sites (tertiary alicyclic amines) is 1. The number of halogens is 5. The van der Waals surface area contributed by atoms with Crippen molar-refractivity contribution in [2.24, 2.45) is 0 Å². The molecule has 1 heterocycles. The summed E-state index contributed by atoms with van der Waals surface area (Å²) in [6.07, 6.45) is -3.91. The molecule has 28 heavy (non-hydrogen) atoms. The second kappa shape index (κ2) is 8.89. The molecule has 0 aliphatic carbocycles. The summed E-state index contributed by atoms with van der Waals surface area (Å²) in [6.45, 7) is 3.24. The summed E-state index contributed by atoms with van der Waals surface area (Å²) in [4.78, 5) is 13.7. The molecule has 1 aliphatic heterocycles. The van der Waals surface area contributed by atoms with Gasteiger partial charge in [-0.15, -0.1) is 0 Å². The van der Waals surface area contributed by atoms with Crippen molar-refractivity contribution in [2.75, 3.05) is 19.7 Å². The fourth-order valence-corrected chi connectivity index (χ4v) is 3.96. The van der Waals surface area contributed by atoms with Crippen LogP contribution in [-0.2, 0) is 21.0 Å². The molecule has 1 amide bonds. The third-order valence-corrected chi connectivity index (χ3v) is 5.78. The van der Waals surface area contributed by atoms with E-state index in [9.17, 15) is 26.4 Å². The third-order valence-electron chi connectivity index (χ3n) is 4.08. The van der Waals surface area contributed by atoms with E-state index in [-0.39, 0.29) is 29.9 Å². The maximum absolute atomic E-state index is 12.9. The zero-order valence-corrected chi connectivity index (χ0v) is 16.8. The lowest BCUT2D eigenvalue weighted by Crippen LogP contribution is -2.47. The molecule has 12 heteroatoms. The highest BCUT2D eigenvalue weighted by molar-refractivity contribution is 7.92. The van der Waals surface area contributed by atoms with Gasteiger partial charge in [0.15, 0.2) is 6.61 Å². The van der Waals surface area contributed by atoms with Crippen molar-refractivity contribution in [1.82, 2.24) is 9.62 Å². The molecule has 1 aromatic carbocycles. The number of carbonyl (C=O) groups is 1. The topological polar surface area (TPSA) is 75.7 Å². The Bertz CT molecular complexity index is 854. The number of sulfonamides is 1. The SMILES string of the molecule is C=CS(=O)(=O)NC1CCN(C(=O)COc2cc(C(F)(F)F)c(Cl)cc2Cl)CC1. The molecule has 0 saturated carbocycles. The van der Waals surface area contributed by atoms with Crippen LogP contribution < -0.4 is 9.46 Å². The lowest BCUT2D eigenvalue weighted by molar-refractivity contribution is -0.137. The Morgan fingerprint density at radius 1 is 1.29 bits per heavy atom. The van der Waals surface area contributed by atoms with Crippen molar-refractivity contribution in [1.29, 1.82) is 0 Å². The molecule has 0 radical (unpaired) electrons. The van der Waals surface area contributed by atoms with Crippen LogP contribution in [0.1, 0.15) is 18.4 Å². The van der Waals surface area contributed by atoms with Crippen LogP contribution in [0.5, 0.6) is 5.75 Å². The van der Waals surface area contributed by atoms with Gasteiger partial charge in [-0.25, -0.2) is 13.1 Å². The van der Waals surface area contributed by atoms with E-state index in [0.29, 0.717) is 18.9 Å². The van der Waals surface area contributed by atoms with Gasteiger partial charge in [0.05, 0.1) is 15.6 Å². The maximum atomic E-state index is 12.9. The van der Waals surface area contributed by atoms with Gasteiger partial charge in [-0.05, 0) is 25.0 Å². The summed E-state index contributed by atoms with van der Waals surface area (Å²) in [6, 6.07) is 1.23. The van der Waals surface area contributed by atoms with Gasteiger partial charge in [-0.1, -0.05) is 29.8 Å². The number of hydrogen-bond acceptors (Lipinski definition) is 4. The first-order chi connectivity index (χ1) is 12.9. The number of amides is 1. The molecule has 0 spiro atoms. The quantitative estimate of drug-likeness (QED) is 0.705. The molecule has 2 rings (SSSR count). The number of ether oxygens (including phenoxy) is 1. The van der Waals surface area contributed by atoms with Crippen LogP contribution in [0, 0.1) is 0 Å². The molecule has 6 nitrogen and oxygen atoms in total. The Morgan fingerprint density at radius 2 is 1.89 bits per heavy atom. The molecule has 1 N–H and O–H groups in total. The molecule has 156 valence electrons. The van der Waals surface area contributed by atoms with Gasteiger partial charge in [-0.3, -0.25) is 4.79 Å². The number of nitrogens with zero attached hydrogens (tertiary/aromatic N) is 1. The van der Waals surface area contributed by atoms with Crippen molar-refractivity contribution >= 4 is 39.1 Å². The van der Waals surface area contributed by atoms with E-state index < -0.39 is 39.3 Å². The van der Waals surface area contributed by atoms with E-state index in [1.807, 2.05) is 0 Å². The number of nitrogens with one attached hydrogen (secondary N) is 1. The van der Waals surface area contributed by atoms with Crippen molar-refractivity contribution in [2.45, 2.75) is 25.1 Å². The number of benzene rings is 1. The summed E-state index contributed by atoms with van der Waals surface area (Å²) in [5.41, 5.74) is -1.11. The monoisotopic (exact) mass is 460 g/mol. The van der Waals surface area contributed by atoms with Gasteiger partial charge in [0.1, 0.15) is 5.75 Å². The second-order valence-corrected chi connectivity index (χ2v) is 8.51. The van der Waals surface area contributed by atoms with Crippen LogP contribution in [0.2, 0.25) is 10.0 Å². The van der Waals surface area contributed by atoms with Crippen LogP contribution in [0.15, 0.2) is 24.1 Å². The first-order valence-electron chi connectivity index (χ1n) is 8.04. The molecule has 0 bridgehead atoms. The first kappa shape index (κ1) is 22.8. The van der Waals surface area contributed by atoms with Crippen LogP contribution >= 0.6 is 23.2 Å². The first-order valence-corrected chi connectivity index (χ1v) is 10.3. The van der Waals surface area contributed by atoms with Gasteiger partial charge in [0.2, 0.25) is 10.0 Å². The summed E-state index contributed by atoms with van der Waals surface area (Å²) in [5, 5.41) is 0.0900. The van der Waals surface area contributed by atoms with E-state index in [0.717, 1.165) is 11.5 Å². The molecule has 1 saturated heterocycles. The minimum atomic E-state index is -4.69. The number of rotatable bonds is 6. The largest absolute Gasteiger partial charge is 0.482 e. The summed E-state index contributed by atoms with van der Waals surface area (Å²) in [5.74, 6) is -0.759. The molecule has 1 aromatic rings. The normalized spacial score (nSPS) is 16.1. The van der Waals surface area contributed by atoms with E-state index in [1.165, 1.54) is 4.90 Å². The van der Waals surface area contributed by atoms with Gasteiger partial charge < -0.3 is 9.64 Å². The van der Waals surface area contributed by atoms with E-state index >= 15 is 0 Å². The second-order valence-electron chi connectivity index (χ2n) is 6.03. The molecule has 0 unspecified atom stereocenters. The zero-order chi connectivity index (χ0) is 21.1. The van der Waals surface area contributed by atoms with Gasteiger partial charge in [-0.2, -0.15) is 13.2 Å². The summed E-state index contributed by atoms with van der Waals surface area (Å²) in [7, 11) is -3.56. The molecule has 0 aromatic heterocycles. The van der Waals surface area contributed by atoms with Crippen molar-refractivity contribution < 1.29 is 31.1 Å². The van der Waals surface area contributed by atoms with E-state index in [1.54, 1.807) is 0 Å². The fraction of sp³-hybridized carbons (Fsp3) is 0.438. The Balaban J connectivity index is 1.94. The minimum Gasteiger partial charge on any atom is -0.482 e. The van der Waals surface area contributed by atoms with Crippen LogP contribution in [0.25, 0.3) is 0 Å². The van der Waals surface area contributed by atoms with Crippen LogP contribution in [0.4, 0.5) is 13.2 Å². The van der Waals surface area contributed by atoms with E-state index in [4.69, 9.17) is 27.9 Å². The molecular formula is C16H17Cl2F3N2O4S. The van der Waals surface area contributed by atoms with Crippen molar-refractivity contribution in [3.63, 3.8) is 0 Å². The number of hydrogen-bond donors (Lipinski definition) is 1. The highest BCUT2D eigenvalue weighted by atomic mass is 35.5. The average molecular weight is 461 g/mol. The van der Waals surface area contributed by atoms with Crippen molar-refractivity contribution in [3.8, 4) is 5.75 Å². The predicted molar refractivity (Wildman–Crippen MR) is 98.8 cm³/mol. The van der Waals surface area contributed by atoms with Gasteiger partial charge in [0.25, 0.3) is 5.91 Å². The van der Waals surface area contributed by atoms with Gasteiger partial charge in [0, 0.05) is 24.5 Å². The smallest absolute Gasteiger partial charge is 0.417 e. The highest BCUT2D eigenvalue weighted by Crippen LogP contribution is 2.40. The van der Waals surface area contributed by atoms with Crippen LogP contribution in [0.3, 0.4) is 0 Å². The number of carbonyl (C=O) groups excluding carboxylic acids is 1. The summed E-state index contributed by atoms with van der Waals surface area (Å²) >= 11 is 11.4. The Labute approximate surface area is 170 Å².